The van der Waals surface area contributed by atoms with Gasteiger partial charge < -0.3 is 5.32 Å². The van der Waals surface area contributed by atoms with Crippen molar-refractivity contribution in [1.29, 1.82) is 0 Å². The van der Waals surface area contributed by atoms with Crippen molar-refractivity contribution in [2.75, 3.05) is 5.32 Å². The van der Waals surface area contributed by atoms with E-state index in [1.165, 1.54) is 0 Å². The van der Waals surface area contributed by atoms with Gasteiger partial charge in [0.05, 0.1) is 17.2 Å². The van der Waals surface area contributed by atoms with Crippen LogP contribution < -0.4 is 5.32 Å². The molecule has 0 fully saturated rings. The van der Waals surface area contributed by atoms with Gasteiger partial charge in [-0.1, -0.05) is 6.07 Å². The number of anilines is 1. The van der Waals surface area contributed by atoms with Crippen LogP contribution in [-0.2, 0) is 6.54 Å². The van der Waals surface area contributed by atoms with Crippen LogP contribution >= 0.6 is 0 Å². The van der Waals surface area contributed by atoms with Gasteiger partial charge in [0, 0.05) is 23.5 Å². The second-order valence-electron chi connectivity index (χ2n) is 4.39. The van der Waals surface area contributed by atoms with E-state index in [1.54, 1.807) is 19.2 Å². The highest BCUT2D eigenvalue weighted by molar-refractivity contribution is 5.60. The summed E-state index contributed by atoms with van der Waals surface area (Å²) < 4.78 is 0. The maximum atomic E-state index is 10.9. The zero-order chi connectivity index (χ0) is 13.8. The van der Waals surface area contributed by atoms with E-state index in [0.29, 0.717) is 12.1 Å². The van der Waals surface area contributed by atoms with Crippen LogP contribution in [0.5, 0.6) is 0 Å². The van der Waals surface area contributed by atoms with Crippen molar-refractivity contribution in [3.05, 3.63) is 63.5 Å². The average Bonchev–Trinajstić information content (AvgIpc) is 2.38. The van der Waals surface area contributed by atoms with Gasteiger partial charge in [-0.2, -0.15) is 0 Å². The molecule has 0 aliphatic heterocycles. The molecule has 0 spiro atoms. The fourth-order valence-corrected chi connectivity index (χ4v) is 1.92. The van der Waals surface area contributed by atoms with Crippen molar-refractivity contribution in [3.63, 3.8) is 0 Å². The molecule has 0 atom stereocenters. The van der Waals surface area contributed by atoms with Gasteiger partial charge in [-0.3, -0.25) is 15.1 Å². The van der Waals surface area contributed by atoms with Crippen LogP contribution in [0.1, 0.15) is 16.8 Å². The zero-order valence-electron chi connectivity index (χ0n) is 10.9. The molecule has 0 saturated heterocycles. The molecule has 5 heteroatoms. The molecule has 0 saturated carbocycles. The number of nitro groups is 1. The molecule has 5 nitrogen and oxygen atoms in total. The predicted octanol–water partition coefficient (Wildman–Crippen LogP) is 3.22. The summed E-state index contributed by atoms with van der Waals surface area (Å²) >= 11 is 0. The summed E-state index contributed by atoms with van der Waals surface area (Å²) in [6.07, 6.45) is 1.72. The summed E-state index contributed by atoms with van der Waals surface area (Å²) in [5, 5.41) is 14.1. The second-order valence-corrected chi connectivity index (χ2v) is 4.39. The van der Waals surface area contributed by atoms with E-state index in [0.717, 1.165) is 16.9 Å². The van der Waals surface area contributed by atoms with E-state index in [2.05, 4.69) is 10.3 Å². The minimum atomic E-state index is -0.360. The standard InChI is InChI=1S/C14H15N3O2/c1-10-7-11(2)14(17(18)19)8-13(10)16-9-12-5-3-4-6-15-12/h3-8,16H,9H2,1-2H3. The molecule has 98 valence electrons. The number of pyridine rings is 1. The summed E-state index contributed by atoms with van der Waals surface area (Å²) in [7, 11) is 0. The van der Waals surface area contributed by atoms with E-state index < -0.39 is 0 Å². The largest absolute Gasteiger partial charge is 0.379 e. The smallest absolute Gasteiger partial charge is 0.274 e. The summed E-state index contributed by atoms with van der Waals surface area (Å²) in [5.74, 6) is 0. The number of hydrogen-bond donors (Lipinski definition) is 1. The lowest BCUT2D eigenvalue weighted by molar-refractivity contribution is -0.385. The molecule has 1 N–H and O–H groups in total. The Labute approximate surface area is 111 Å². The lowest BCUT2D eigenvalue weighted by Crippen LogP contribution is -2.04. The van der Waals surface area contributed by atoms with E-state index in [9.17, 15) is 10.1 Å². The first kappa shape index (κ1) is 13.0. The lowest BCUT2D eigenvalue weighted by Gasteiger charge is -2.10. The van der Waals surface area contributed by atoms with Gasteiger partial charge in [0.15, 0.2) is 0 Å². The van der Waals surface area contributed by atoms with Crippen LogP contribution in [0.4, 0.5) is 11.4 Å². The number of nitro benzene ring substituents is 1. The molecule has 1 heterocycles. The minimum absolute atomic E-state index is 0.133. The summed E-state index contributed by atoms with van der Waals surface area (Å²) in [6.45, 7) is 4.22. The Balaban J connectivity index is 2.21. The van der Waals surface area contributed by atoms with Crippen LogP contribution in [0.15, 0.2) is 36.5 Å². The first-order chi connectivity index (χ1) is 9.08. The van der Waals surface area contributed by atoms with E-state index in [1.807, 2.05) is 31.2 Å². The van der Waals surface area contributed by atoms with Crippen LogP contribution in [0.25, 0.3) is 0 Å². The van der Waals surface area contributed by atoms with Crippen molar-refractivity contribution in [1.82, 2.24) is 4.98 Å². The molecule has 0 unspecified atom stereocenters. The van der Waals surface area contributed by atoms with E-state index in [4.69, 9.17) is 0 Å². The van der Waals surface area contributed by atoms with Gasteiger partial charge in [0.1, 0.15) is 0 Å². The van der Waals surface area contributed by atoms with Crippen LogP contribution in [-0.4, -0.2) is 9.91 Å². The van der Waals surface area contributed by atoms with Crippen molar-refractivity contribution in [2.45, 2.75) is 20.4 Å². The molecule has 0 aliphatic carbocycles. The van der Waals surface area contributed by atoms with Gasteiger partial charge in [0.25, 0.3) is 5.69 Å². The molecule has 0 aliphatic rings. The van der Waals surface area contributed by atoms with Gasteiger partial charge in [-0.05, 0) is 37.6 Å². The molecular formula is C14H15N3O2. The second kappa shape index (κ2) is 5.48. The number of aromatic nitrogens is 1. The number of nitrogens with zero attached hydrogens (tertiary/aromatic N) is 2. The van der Waals surface area contributed by atoms with Gasteiger partial charge in [0.2, 0.25) is 0 Å². The Morgan fingerprint density at radius 3 is 2.68 bits per heavy atom. The van der Waals surface area contributed by atoms with Gasteiger partial charge >= 0.3 is 0 Å². The molecule has 0 radical (unpaired) electrons. The number of aryl methyl sites for hydroxylation is 2. The normalized spacial score (nSPS) is 10.2. The maximum Gasteiger partial charge on any atom is 0.274 e. The predicted molar refractivity (Wildman–Crippen MR) is 74.1 cm³/mol. The molecule has 0 amide bonds. The molecule has 1 aromatic carbocycles. The topological polar surface area (TPSA) is 68.1 Å². The fourth-order valence-electron chi connectivity index (χ4n) is 1.92. The van der Waals surface area contributed by atoms with Crippen LogP contribution in [0.2, 0.25) is 0 Å². The Bertz CT molecular complexity index is 597. The third-order valence-electron chi connectivity index (χ3n) is 2.93. The highest BCUT2D eigenvalue weighted by atomic mass is 16.6. The van der Waals surface area contributed by atoms with Gasteiger partial charge in [-0.25, -0.2) is 0 Å². The highest BCUT2D eigenvalue weighted by Gasteiger charge is 2.13. The number of hydrogen-bond acceptors (Lipinski definition) is 4. The van der Waals surface area contributed by atoms with Crippen molar-refractivity contribution >= 4 is 11.4 Å². The fraction of sp³-hybridized carbons (Fsp3) is 0.214. The minimum Gasteiger partial charge on any atom is -0.379 e. The van der Waals surface area contributed by atoms with Crippen LogP contribution in [0.3, 0.4) is 0 Å². The first-order valence-electron chi connectivity index (χ1n) is 5.97. The summed E-state index contributed by atoms with van der Waals surface area (Å²) in [6, 6.07) is 9.07. The lowest BCUT2D eigenvalue weighted by atomic mass is 10.1. The molecule has 2 rings (SSSR count). The third-order valence-corrected chi connectivity index (χ3v) is 2.93. The van der Waals surface area contributed by atoms with E-state index >= 15 is 0 Å². The van der Waals surface area contributed by atoms with Gasteiger partial charge in [-0.15, -0.1) is 0 Å². The molecule has 0 bridgehead atoms. The summed E-state index contributed by atoms with van der Waals surface area (Å²) in [5.41, 5.74) is 3.45. The molecular weight excluding hydrogens is 242 g/mol. The maximum absolute atomic E-state index is 10.9. The van der Waals surface area contributed by atoms with Crippen molar-refractivity contribution in [2.24, 2.45) is 0 Å². The zero-order valence-corrected chi connectivity index (χ0v) is 10.9. The van der Waals surface area contributed by atoms with E-state index in [-0.39, 0.29) is 10.6 Å². The average molecular weight is 257 g/mol. The number of benzene rings is 1. The van der Waals surface area contributed by atoms with Crippen molar-refractivity contribution in [3.8, 4) is 0 Å². The number of nitrogens with one attached hydrogen (secondary N) is 1. The molecule has 1 aromatic heterocycles. The Kier molecular flexibility index (Phi) is 3.75. The Hall–Kier alpha value is -2.43. The quantitative estimate of drug-likeness (QED) is 0.674. The summed E-state index contributed by atoms with van der Waals surface area (Å²) in [4.78, 5) is 14.8. The van der Waals surface area contributed by atoms with Crippen LogP contribution in [0, 0.1) is 24.0 Å². The Morgan fingerprint density at radius 2 is 2.05 bits per heavy atom. The monoisotopic (exact) mass is 257 g/mol. The SMILES string of the molecule is Cc1cc(C)c([N+](=O)[O-])cc1NCc1ccccn1. The molecule has 19 heavy (non-hydrogen) atoms. The number of rotatable bonds is 4. The first-order valence-corrected chi connectivity index (χ1v) is 5.97. The Morgan fingerprint density at radius 1 is 1.26 bits per heavy atom. The van der Waals surface area contributed by atoms with Crippen molar-refractivity contribution < 1.29 is 4.92 Å². The third kappa shape index (κ3) is 3.07. The highest BCUT2D eigenvalue weighted by Crippen LogP contribution is 2.26. The molecule has 2 aromatic rings.